The molecule has 1 aromatic carbocycles. The second kappa shape index (κ2) is 9.50. The lowest BCUT2D eigenvalue weighted by atomic mass is 9.89. The van der Waals surface area contributed by atoms with Gasteiger partial charge in [-0.05, 0) is 6.07 Å². The van der Waals surface area contributed by atoms with Crippen molar-refractivity contribution in [3.8, 4) is 5.75 Å². The molecule has 0 bridgehead atoms. The molecule has 0 heterocycles. The van der Waals surface area contributed by atoms with Gasteiger partial charge in [0.1, 0.15) is 5.75 Å². The first-order valence-corrected chi connectivity index (χ1v) is 8.76. The number of nitrogens with zero attached hydrogens (tertiary/aromatic N) is 1. The number of benzene rings is 1. The maximum absolute atomic E-state index is 14.0. The summed E-state index contributed by atoms with van der Waals surface area (Å²) in [7, 11) is 0.619. The molecule has 0 aromatic heterocycles. The topological polar surface area (TPSA) is 81.5 Å². The zero-order chi connectivity index (χ0) is 30.5. The van der Waals surface area contributed by atoms with Crippen molar-refractivity contribution in [3.63, 3.8) is 0 Å². The maximum Gasteiger partial charge on any atom is 0.393 e. The summed E-state index contributed by atoms with van der Waals surface area (Å²) < 4.78 is 218. The Morgan fingerprint density at radius 2 is 1.24 bits per heavy atom. The molecule has 1 amide bonds. The van der Waals surface area contributed by atoms with E-state index in [9.17, 15) is 85.2 Å². The number of hydrogen-bond donors (Lipinski definition) is 1. The van der Waals surface area contributed by atoms with Crippen LogP contribution in [-0.4, -0.2) is 65.8 Å². The van der Waals surface area contributed by atoms with Gasteiger partial charge in [0.2, 0.25) is 0 Å². The minimum absolute atomic E-state index is 0.247. The third kappa shape index (κ3) is 4.50. The van der Waals surface area contributed by atoms with Crippen LogP contribution in [0.1, 0.15) is 0 Å². The van der Waals surface area contributed by atoms with Crippen LogP contribution in [0.2, 0.25) is 0 Å². The summed E-state index contributed by atoms with van der Waals surface area (Å²) in [6.07, 6.45) is -5.97. The van der Waals surface area contributed by atoms with Gasteiger partial charge in [-0.2, -0.15) is 61.5 Å². The first kappa shape index (κ1) is 32.8. The van der Waals surface area contributed by atoms with E-state index in [0.717, 1.165) is 0 Å². The lowest BCUT2D eigenvalue weighted by Crippen LogP contribution is -2.74. The number of amides is 1. The number of nitrogens with one attached hydrogen (secondary N) is 1. The molecule has 0 atom stereocenters. The highest BCUT2D eigenvalue weighted by Gasteiger charge is 2.94. The summed E-state index contributed by atoms with van der Waals surface area (Å²) in [6, 6.07) is 0.931. The van der Waals surface area contributed by atoms with E-state index in [1.54, 1.807) is 0 Å². The smallest absolute Gasteiger partial charge is 0.393 e. The van der Waals surface area contributed by atoms with Gasteiger partial charge in [0.05, 0.1) is 23.8 Å². The van der Waals surface area contributed by atoms with Crippen molar-refractivity contribution in [2.45, 2.75) is 47.9 Å². The van der Waals surface area contributed by atoms with Crippen molar-refractivity contribution >= 4 is 17.3 Å². The zero-order valence-electron chi connectivity index (χ0n) is 17.4. The zero-order valence-corrected chi connectivity index (χ0v) is 17.4. The monoisotopic (exact) mass is 596 g/mol. The third-order valence-corrected chi connectivity index (χ3v) is 4.59. The average molecular weight is 596 g/mol. The SMILES string of the molecule is COc1cc([N+](=O)[O-])ccc1NC(=O)C(F)(F)C(F)(F)C(F)(F)C(F)(F)C(F)(F)C(F)(F)C(F)(F)C(F)F. The highest BCUT2D eigenvalue weighted by Crippen LogP contribution is 2.62. The summed E-state index contributed by atoms with van der Waals surface area (Å²) in [4.78, 5) is 21.0. The Morgan fingerprint density at radius 3 is 1.63 bits per heavy atom. The lowest BCUT2D eigenvalue weighted by molar-refractivity contribution is -0.443. The van der Waals surface area contributed by atoms with Crippen LogP contribution in [0.5, 0.6) is 5.75 Å². The maximum atomic E-state index is 14.0. The van der Waals surface area contributed by atoms with Crippen molar-refractivity contribution in [2.24, 2.45) is 0 Å². The second-order valence-corrected chi connectivity index (χ2v) is 6.97. The van der Waals surface area contributed by atoms with Gasteiger partial charge in [0.15, 0.2) is 0 Å². The molecule has 0 aliphatic carbocycles. The Labute approximate surface area is 197 Å². The molecule has 22 heteroatoms. The van der Waals surface area contributed by atoms with E-state index in [2.05, 4.69) is 4.74 Å². The quantitative estimate of drug-likeness (QED) is 0.186. The van der Waals surface area contributed by atoms with Gasteiger partial charge in [-0.15, -0.1) is 0 Å². The van der Waals surface area contributed by atoms with Crippen LogP contribution in [0.15, 0.2) is 18.2 Å². The second-order valence-electron chi connectivity index (χ2n) is 6.97. The molecule has 38 heavy (non-hydrogen) atoms. The van der Waals surface area contributed by atoms with Gasteiger partial charge in [0, 0.05) is 6.07 Å². The summed E-state index contributed by atoms with van der Waals surface area (Å²) in [5, 5.41) is 11.3. The summed E-state index contributed by atoms with van der Waals surface area (Å²) >= 11 is 0. The van der Waals surface area contributed by atoms with Gasteiger partial charge >= 0.3 is 53.8 Å². The van der Waals surface area contributed by atoms with Crippen molar-refractivity contribution in [2.75, 3.05) is 12.4 Å². The van der Waals surface area contributed by atoms with E-state index < -0.39 is 75.8 Å². The highest BCUT2D eigenvalue weighted by molar-refractivity contribution is 5.98. The van der Waals surface area contributed by atoms with Crippen LogP contribution < -0.4 is 10.1 Å². The lowest BCUT2D eigenvalue weighted by Gasteiger charge is -2.42. The van der Waals surface area contributed by atoms with Crippen molar-refractivity contribution in [3.05, 3.63) is 28.3 Å². The molecule has 1 aromatic rings. The number of carbonyl (C=O) groups excluding carboxylic acids is 1. The molecule has 0 radical (unpaired) electrons. The molecule has 0 aliphatic heterocycles. The number of carbonyl (C=O) groups is 1. The number of anilines is 1. The van der Waals surface area contributed by atoms with E-state index in [1.165, 1.54) is 0 Å². The Kier molecular flexibility index (Phi) is 8.20. The van der Waals surface area contributed by atoms with Crippen LogP contribution in [0.4, 0.5) is 81.6 Å². The van der Waals surface area contributed by atoms with Gasteiger partial charge in [-0.25, -0.2) is 8.78 Å². The summed E-state index contributed by atoms with van der Waals surface area (Å²) in [6.45, 7) is 0. The van der Waals surface area contributed by atoms with Crippen LogP contribution in [-0.2, 0) is 4.79 Å². The summed E-state index contributed by atoms with van der Waals surface area (Å²) in [5.74, 6) is -61.8. The van der Waals surface area contributed by atoms with Crippen molar-refractivity contribution in [1.82, 2.24) is 0 Å². The number of rotatable bonds is 11. The molecule has 0 aliphatic rings. The Morgan fingerprint density at radius 1 is 0.816 bits per heavy atom. The molecule has 1 rings (SSSR count). The fourth-order valence-corrected chi connectivity index (χ4v) is 2.38. The van der Waals surface area contributed by atoms with Crippen LogP contribution in [0.3, 0.4) is 0 Å². The average Bonchev–Trinajstić information content (AvgIpc) is 2.77. The number of methoxy groups -OCH3 is 1. The Hall–Kier alpha value is -3.23. The predicted octanol–water partition coefficient (Wildman–Crippen LogP) is 6.25. The van der Waals surface area contributed by atoms with E-state index >= 15 is 0 Å². The molecule has 0 saturated heterocycles. The van der Waals surface area contributed by atoms with E-state index in [4.69, 9.17) is 0 Å². The number of non-ortho nitro benzene ring substituents is 1. The number of ether oxygens (including phenoxy) is 1. The summed E-state index contributed by atoms with van der Waals surface area (Å²) in [5.41, 5.74) is -2.19. The molecule has 0 unspecified atom stereocenters. The third-order valence-electron chi connectivity index (χ3n) is 4.59. The van der Waals surface area contributed by atoms with Crippen molar-refractivity contribution < 1.29 is 84.7 Å². The fourth-order valence-electron chi connectivity index (χ4n) is 2.38. The standard InChI is InChI=1S/C16H8F16N2O4/c1-38-7-4-5(34(36)37)2-3-6(7)33-9(35)11(21,22)13(25,26)15(29,30)16(31,32)14(27,28)12(23,24)10(19,20)8(17)18/h2-4,8H,1H3,(H,33,35). The van der Waals surface area contributed by atoms with Crippen molar-refractivity contribution in [1.29, 1.82) is 0 Å². The molecule has 0 spiro atoms. The van der Waals surface area contributed by atoms with Crippen LogP contribution in [0.25, 0.3) is 0 Å². The van der Waals surface area contributed by atoms with E-state index in [1.807, 2.05) is 0 Å². The molecule has 218 valence electrons. The fraction of sp³-hybridized carbons (Fsp3) is 0.562. The molecule has 0 fully saturated rings. The van der Waals surface area contributed by atoms with E-state index in [0.29, 0.717) is 24.6 Å². The van der Waals surface area contributed by atoms with Gasteiger partial charge in [-0.1, -0.05) is 0 Å². The Balaban J connectivity index is 3.58. The van der Waals surface area contributed by atoms with Gasteiger partial charge in [-0.3, -0.25) is 14.9 Å². The minimum Gasteiger partial charge on any atom is -0.494 e. The normalized spacial score (nSPS) is 14.5. The highest BCUT2D eigenvalue weighted by atomic mass is 19.4. The first-order chi connectivity index (χ1) is 16.7. The van der Waals surface area contributed by atoms with Gasteiger partial charge < -0.3 is 10.1 Å². The van der Waals surface area contributed by atoms with Crippen LogP contribution >= 0.6 is 0 Å². The van der Waals surface area contributed by atoms with E-state index in [-0.39, 0.29) is 6.07 Å². The van der Waals surface area contributed by atoms with Gasteiger partial charge in [0.25, 0.3) is 5.69 Å². The number of nitro groups is 1. The molecule has 6 nitrogen and oxygen atoms in total. The number of hydrogen-bond acceptors (Lipinski definition) is 4. The number of alkyl halides is 16. The minimum atomic E-state index is -8.65. The molecular formula is C16H8F16N2O4. The first-order valence-electron chi connectivity index (χ1n) is 8.76. The molecular weight excluding hydrogens is 588 g/mol. The molecule has 1 N–H and O–H groups in total. The molecule has 0 saturated carbocycles. The van der Waals surface area contributed by atoms with Crippen LogP contribution in [0, 0.1) is 10.1 Å². The predicted molar refractivity (Wildman–Crippen MR) is 88.9 cm³/mol. The largest absolute Gasteiger partial charge is 0.494 e. The number of halogens is 16. The Bertz CT molecular complexity index is 1080. The number of nitro benzene ring substituents is 1.